The van der Waals surface area contributed by atoms with Gasteiger partial charge in [0.05, 0.1) is 30.4 Å². The highest BCUT2D eigenvalue weighted by Crippen LogP contribution is 2.33. The number of amides is 1. The molecular weight excluding hydrogens is 420 g/mol. The van der Waals surface area contributed by atoms with Crippen LogP contribution in [0.2, 0.25) is 0 Å². The van der Waals surface area contributed by atoms with E-state index in [0.29, 0.717) is 27.1 Å². The molecule has 9 heteroatoms. The molecule has 0 aliphatic carbocycles. The number of aliphatic imine (C=N–C) groups is 1. The fourth-order valence-corrected chi connectivity index (χ4v) is 3.58. The second kappa shape index (κ2) is 9.94. The van der Waals surface area contributed by atoms with Crippen molar-refractivity contribution >= 4 is 46.5 Å². The molecule has 0 aromatic heterocycles. The highest BCUT2D eigenvalue weighted by molar-refractivity contribution is 8.18. The molecule has 0 unspecified atom stereocenters. The van der Waals surface area contributed by atoms with Crippen LogP contribution in [-0.4, -0.2) is 55.8 Å². The number of esters is 2. The van der Waals surface area contributed by atoms with Crippen LogP contribution in [0.25, 0.3) is 6.08 Å². The van der Waals surface area contributed by atoms with Crippen molar-refractivity contribution < 1.29 is 28.6 Å². The largest absolute Gasteiger partial charge is 0.482 e. The summed E-state index contributed by atoms with van der Waals surface area (Å²) < 4.78 is 14.6. The Morgan fingerprint density at radius 2 is 1.84 bits per heavy atom. The summed E-state index contributed by atoms with van der Waals surface area (Å²) in [5, 5.41) is 0.497. The number of hydrogen-bond donors (Lipinski definition) is 0. The molecule has 0 saturated carbocycles. The average Bonchev–Trinajstić information content (AvgIpc) is 3.05. The summed E-state index contributed by atoms with van der Waals surface area (Å²) in [5.41, 5.74) is 1.72. The van der Waals surface area contributed by atoms with Crippen LogP contribution in [0.4, 0.5) is 5.69 Å². The zero-order chi connectivity index (χ0) is 22.4. The molecule has 3 rings (SSSR count). The van der Waals surface area contributed by atoms with Crippen molar-refractivity contribution in [1.29, 1.82) is 0 Å². The van der Waals surface area contributed by atoms with Crippen LogP contribution < -0.4 is 4.74 Å². The number of thioether (sulfide) groups is 1. The molecule has 2 aromatic rings. The molecule has 0 atom stereocenters. The average molecular weight is 440 g/mol. The van der Waals surface area contributed by atoms with Crippen LogP contribution in [0.1, 0.15) is 15.9 Å². The molecule has 1 heterocycles. The predicted molar refractivity (Wildman–Crippen MR) is 117 cm³/mol. The van der Waals surface area contributed by atoms with Crippen molar-refractivity contribution in [2.45, 2.75) is 0 Å². The van der Waals surface area contributed by atoms with E-state index >= 15 is 0 Å². The maximum atomic E-state index is 12.6. The third-order valence-electron chi connectivity index (χ3n) is 4.26. The Hall–Kier alpha value is -3.59. The molecule has 31 heavy (non-hydrogen) atoms. The van der Waals surface area contributed by atoms with E-state index in [-0.39, 0.29) is 12.5 Å². The van der Waals surface area contributed by atoms with E-state index in [4.69, 9.17) is 9.47 Å². The van der Waals surface area contributed by atoms with E-state index < -0.39 is 11.9 Å². The molecule has 0 bridgehead atoms. The molecule has 0 spiro atoms. The van der Waals surface area contributed by atoms with Crippen LogP contribution in [0, 0.1) is 0 Å². The molecule has 0 radical (unpaired) electrons. The van der Waals surface area contributed by atoms with Crippen molar-refractivity contribution in [2.24, 2.45) is 4.99 Å². The smallest absolute Gasteiger partial charge is 0.343 e. The molecule has 1 aliphatic heterocycles. The van der Waals surface area contributed by atoms with Crippen molar-refractivity contribution in [3.8, 4) is 5.75 Å². The number of ether oxygens (including phenoxy) is 3. The predicted octanol–water partition coefficient (Wildman–Crippen LogP) is 3.26. The number of nitrogens with zero attached hydrogens (tertiary/aromatic N) is 2. The van der Waals surface area contributed by atoms with Crippen LogP contribution in [0.5, 0.6) is 5.75 Å². The maximum absolute atomic E-state index is 12.6. The summed E-state index contributed by atoms with van der Waals surface area (Å²) in [4.78, 5) is 41.9. The Labute approximate surface area is 183 Å². The van der Waals surface area contributed by atoms with E-state index in [1.165, 1.54) is 30.9 Å². The standard InChI is InChI=1S/C22H20N2O6S/c1-24-20(26)18(11-14-7-9-17(10-8-14)30-13-19(25)28-2)31-22(24)23-16-6-4-5-15(12-16)21(27)29-3/h4-12H,13H2,1-3H3. The van der Waals surface area contributed by atoms with Crippen molar-refractivity contribution in [1.82, 2.24) is 4.90 Å². The first-order valence-electron chi connectivity index (χ1n) is 9.15. The number of hydrogen-bond acceptors (Lipinski definition) is 8. The molecule has 1 saturated heterocycles. The Balaban J connectivity index is 1.75. The SMILES string of the molecule is COC(=O)COc1ccc(C=C2SC(=Nc3cccc(C(=O)OC)c3)N(C)C2=O)cc1. The fraction of sp³-hybridized carbons (Fsp3) is 0.182. The van der Waals surface area contributed by atoms with E-state index in [1.807, 2.05) is 0 Å². The second-order valence-corrected chi connectivity index (χ2v) is 7.35. The number of benzene rings is 2. The molecule has 8 nitrogen and oxygen atoms in total. The van der Waals surface area contributed by atoms with Gasteiger partial charge in [0.2, 0.25) is 0 Å². The van der Waals surface area contributed by atoms with Crippen molar-refractivity contribution in [2.75, 3.05) is 27.9 Å². The Morgan fingerprint density at radius 1 is 1.10 bits per heavy atom. The lowest BCUT2D eigenvalue weighted by Gasteiger charge is -2.07. The monoisotopic (exact) mass is 440 g/mol. The van der Waals surface area contributed by atoms with Crippen LogP contribution in [0.15, 0.2) is 58.4 Å². The number of amidine groups is 1. The molecule has 0 N–H and O–H groups in total. The van der Waals surface area contributed by atoms with E-state index in [9.17, 15) is 14.4 Å². The van der Waals surface area contributed by atoms with Gasteiger partial charge in [-0.1, -0.05) is 18.2 Å². The summed E-state index contributed by atoms with van der Waals surface area (Å²) in [6.07, 6.45) is 1.75. The van der Waals surface area contributed by atoms with Gasteiger partial charge in [-0.05, 0) is 53.7 Å². The quantitative estimate of drug-likeness (QED) is 0.503. The summed E-state index contributed by atoms with van der Waals surface area (Å²) in [7, 11) is 4.25. The van der Waals surface area contributed by atoms with Crippen molar-refractivity contribution in [3.63, 3.8) is 0 Å². The Kier molecular flexibility index (Phi) is 7.09. The normalized spacial score (nSPS) is 16.0. The van der Waals surface area contributed by atoms with Crippen LogP contribution in [0.3, 0.4) is 0 Å². The molecule has 2 aromatic carbocycles. The van der Waals surface area contributed by atoms with Gasteiger partial charge in [0.25, 0.3) is 5.91 Å². The molecular formula is C22H20N2O6S. The zero-order valence-corrected chi connectivity index (χ0v) is 18.0. The lowest BCUT2D eigenvalue weighted by molar-refractivity contribution is -0.142. The Bertz CT molecular complexity index is 1060. The first kappa shape index (κ1) is 22.1. The van der Waals surface area contributed by atoms with Gasteiger partial charge < -0.3 is 14.2 Å². The summed E-state index contributed by atoms with van der Waals surface area (Å²) in [6, 6.07) is 13.7. The molecule has 1 aliphatic rings. The third-order valence-corrected chi connectivity index (χ3v) is 5.32. The van der Waals surface area contributed by atoms with Gasteiger partial charge in [-0.15, -0.1) is 0 Å². The van der Waals surface area contributed by atoms with Gasteiger partial charge in [0.1, 0.15) is 5.75 Å². The summed E-state index contributed by atoms with van der Waals surface area (Å²) in [5.74, 6) is -0.585. The molecule has 1 amide bonds. The first-order valence-corrected chi connectivity index (χ1v) is 9.97. The first-order chi connectivity index (χ1) is 14.9. The summed E-state index contributed by atoms with van der Waals surface area (Å²) >= 11 is 1.24. The number of carbonyl (C=O) groups is 3. The minimum Gasteiger partial charge on any atom is -0.482 e. The Morgan fingerprint density at radius 3 is 2.52 bits per heavy atom. The maximum Gasteiger partial charge on any atom is 0.343 e. The third kappa shape index (κ3) is 5.52. The molecule has 1 fully saturated rings. The number of carbonyl (C=O) groups excluding carboxylic acids is 3. The van der Waals surface area contributed by atoms with E-state index in [2.05, 4.69) is 9.73 Å². The van der Waals surface area contributed by atoms with Gasteiger partial charge in [-0.3, -0.25) is 9.69 Å². The highest BCUT2D eigenvalue weighted by atomic mass is 32.2. The molecule has 160 valence electrons. The number of rotatable bonds is 6. The zero-order valence-electron chi connectivity index (χ0n) is 17.2. The summed E-state index contributed by atoms with van der Waals surface area (Å²) in [6.45, 7) is -0.174. The van der Waals surface area contributed by atoms with E-state index in [0.717, 1.165) is 5.56 Å². The number of likely N-dealkylation sites (N-methyl/N-ethyl adjacent to an activating group) is 1. The lowest BCUT2D eigenvalue weighted by Crippen LogP contribution is -2.23. The topological polar surface area (TPSA) is 94.5 Å². The van der Waals surface area contributed by atoms with Crippen LogP contribution in [-0.2, 0) is 19.1 Å². The fourth-order valence-electron chi connectivity index (χ4n) is 2.60. The van der Waals surface area contributed by atoms with Crippen molar-refractivity contribution in [3.05, 3.63) is 64.6 Å². The van der Waals surface area contributed by atoms with Gasteiger partial charge in [0.15, 0.2) is 11.8 Å². The van der Waals surface area contributed by atoms with Gasteiger partial charge in [0, 0.05) is 7.05 Å². The number of methoxy groups -OCH3 is 2. The van der Waals surface area contributed by atoms with Gasteiger partial charge in [-0.2, -0.15) is 0 Å². The minimum absolute atomic E-state index is 0.174. The lowest BCUT2D eigenvalue weighted by atomic mass is 10.2. The highest BCUT2D eigenvalue weighted by Gasteiger charge is 2.30. The van der Waals surface area contributed by atoms with Gasteiger partial charge >= 0.3 is 11.9 Å². The second-order valence-electron chi connectivity index (χ2n) is 6.34. The minimum atomic E-state index is -0.467. The van der Waals surface area contributed by atoms with E-state index in [1.54, 1.807) is 61.7 Å². The van der Waals surface area contributed by atoms with Gasteiger partial charge in [-0.25, -0.2) is 14.6 Å². The van der Waals surface area contributed by atoms with Crippen LogP contribution >= 0.6 is 11.8 Å².